The Labute approximate surface area is 170 Å². The van der Waals surface area contributed by atoms with Gasteiger partial charge in [0.1, 0.15) is 0 Å². The number of aliphatic imine (C=N–C) groups is 1. The monoisotopic (exact) mass is 494 g/mol. The number of hydrogen-bond acceptors (Lipinski definition) is 4. The molecule has 25 heavy (non-hydrogen) atoms. The molecule has 2 rings (SSSR count). The lowest BCUT2D eigenvalue weighted by molar-refractivity contribution is 0.580. The highest BCUT2D eigenvalue weighted by Crippen LogP contribution is 2.08. The van der Waals surface area contributed by atoms with Crippen LogP contribution < -0.4 is 15.4 Å². The number of halogens is 1. The van der Waals surface area contributed by atoms with E-state index in [1.54, 1.807) is 48.7 Å². The van der Waals surface area contributed by atoms with Crippen molar-refractivity contribution in [3.63, 3.8) is 0 Å². The lowest BCUT2D eigenvalue weighted by atomic mass is 10.3. The number of rotatable bonds is 8. The van der Waals surface area contributed by atoms with Crippen LogP contribution in [0, 0.1) is 0 Å². The summed E-state index contributed by atoms with van der Waals surface area (Å²) >= 11 is 1.73. The van der Waals surface area contributed by atoms with Gasteiger partial charge in [0.2, 0.25) is 10.0 Å². The Morgan fingerprint density at radius 2 is 1.76 bits per heavy atom. The van der Waals surface area contributed by atoms with Crippen molar-refractivity contribution in [1.29, 1.82) is 0 Å². The van der Waals surface area contributed by atoms with Gasteiger partial charge in [0.25, 0.3) is 0 Å². The second-order valence-electron chi connectivity index (χ2n) is 4.97. The lowest BCUT2D eigenvalue weighted by Gasteiger charge is -2.12. The van der Waals surface area contributed by atoms with Crippen LogP contribution in [0.4, 0.5) is 0 Å². The first-order valence-electron chi connectivity index (χ1n) is 7.63. The van der Waals surface area contributed by atoms with E-state index in [-0.39, 0.29) is 35.4 Å². The molecule has 0 bridgehead atoms. The summed E-state index contributed by atoms with van der Waals surface area (Å²) < 4.78 is 26.7. The van der Waals surface area contributed by atoms with Crippen molar-refractivity contribution < 1.29 is 8.42 Å². The van der Waals surface area contributed by atoms with Gasteiger partial charge < -0.3 is 10.6 Å². The minimum Gasteiger partial charge on any atom is -0.356 e. The molecule has 0 aliphatic heterocycles. The zero-order chi connectivity index (χ0) is 17.3. The van der Waals surface area contributed by atoms with Gasteiger partial charge >= 0.3 is 0 Å². The molecule has 1 aromatic heterocycles. The fourth-order valence-corrected chi connectivity index (χ4v) is 3.79. The van der Waals surface area contributed by atoms with Gasteiger partial charge in [0.05, 0.1) is 4.90 Å². The number of thiophene rings is 1. The van der Waals surface area contributed by atoms with Crippen LogP contribution in [0.5, 0.6) is 0 Å². The number of benzene rings is 1. The van der Waals surface area contributed by atoms with Gasteiger partial charge in [0.15, 0.2) is 5.96 Å². The van der Waals surface area contributed by atoms with E-state index < -0.39 is 10.0 Å². The summed E-state index contributed by atoms with van der Waals surface area (Å²) in [7, 11) is -1.77. The Balaban J connectivity index is 0.00000312. The molecule has 0 aliphatic carbocycles. The van der Waals surface area contributed by atoms with E-state index in [0.717, 1.165) is 13.0 Å². The van der Waals surface area contributed by atoms with Crippen LogP contribution in [0.1, 0.15) is 4.88 Å². The normalized spacial score (nSPS) is 11.6. The zero-order valence-corrected chi connectivity index (χ0v) is 17.9. The molecule has 0 radical (unpaired) electrons. The van der Waals surface area contributed by atoms with E-state index in [0.29, 0.717) is 12.5 Å². The van der Waals surface area contributed by atoms with Gasteiger partial charge in [-0.2, -0.15) is 0 Å². The smallest absolute Gasteiger partial charge is 0.240 e. The topological polar surface area (TPSA) is 82.6 Å². The first-order valence-corrected chi connectivity index (χ1v) is 10.00. The predicted octanol–water partition coefficient (Wildman–Crippen LogP) is 2.05. The minimum absolute atomic E-state index is 0. The first kappa shape index (κ1) is 21.9. The Morgan fingerprint density at radius 1 is 1.04 bits per heavy atom. The maximum Gasteiger partial charge on any atom is 0.240 e. The van der Waals surface area contributed by atoms with Crippen molar-refractivity contribution in [2.24, 2.45) is 4.99 Å². The van der Waals surface area contributed by atoms with Crippen molar-refractivity contribution in [2.75, 3.05) is 26.7 Å². The molecule has 138 valence electrons. The second-order valence-corrected chi connectivity index (χ2v) is 7.77. The van der Waals surface area contributed by atoms with Gasteiger partial charge in [-0.25, -0.2) is 13.1 Å². The van der Waals surface area contributed by atoms with Crippen molar-refractivity contribution in [3.05, 3.63) is 52.7 Å². The number of guanidine groups is 1. The number of sulfonamides is 1. The highest BCUT2D eigenvalue weighted by Gasteiger charge is 2.11. The molecule has 1 heterocycles. The van der Waals surface area contributed by atoms with Gasteiger partial charge in [-0.15, -0.1) is 35.3 Å². The summed E-state index contributed by atoms with van der Waals surface area (Å²) in [6, 6.07) is 12.5. The molecule has 0 spiro atoms. The van der Waals surface area contributed by atoms with E-state index in [2.05, 4.69) is 31.8 Å². The molecule has 0 fully saturated rings. The quantitative estimate of drug-likeness (QED) is 0.227. The maximum absolute atomic E-state index is 12.1. The van der Waals surface area contributed by atoms with E-state index in [1.165, 1.54) is 4.88 Å². The van der Waals surface area contributed by atoms with Gasteiger partial charge in [-0.1, -0.05) is 24.3 Å². The van der Waals surface area contributed by atoms with Crippen molar-refractivity contribution >= 4 is 51.3 Å². The highest BCUT2D eigenvalue weighted by molar-refractivity contribution is 14.0. The van der Waals surface area contributed by atoms with E-state index >= 15 is 0 Å². The molecule has 0 aliphatic rings. The van der Waals surface area contributed by atoms with Crippen LogP contribution in [0.2, 0.25) is 0 Å². The van der Waals surface area contributed by atoms with Gasteiger partial charge in [-0.3, -0.25) is 4.99 Å². The fourth-order valence-electron chi connectivity index (χ4n) is 2.03. The average molecular weight is 494 g/mol. The van der Waals surface area contributed by atoms with Crippen molar-refractivity contribution in [1.82, 2.24) is 15.4 Å². The summed E-state index contributed by atoms with van der Waals surface area (Å²) in [5.41, 5.74) is 0. The molecular weight excluding hydrogens is 471 g/mol. The lowest BCUT2D eigenvalue weighted by Crippen LogP contribution is -2.42. The molecule has 6 nitrogen and oxygen atoms in total. The maximum atomic E-state index is 12.1. The molecule has 0 saturated heterocycles. The summed E-state index contributed by atoms with van der Waals surface area (Å²) in [5, 5.41) is 8.35. The fraction of sp³-hybridized carbons (Fsp3) is 0.312. The third-order valence-electron chi connectivity index (χ3n) is 3.23. The summed E-state index contributed by atoms with van der Waals surface area (Å²) in [5.74, 6) is 0.658. The van der Waals surface area contributed by atoms with Gasteiger partial charge in [-0.05, 0) is 30.0 Å². The van der Waals surface area contributed by atoms with E-state index in [4.69, 9.17) is 0 Å². The van der Waals surface area contributed by atoms with Crippen LogP contribution in [0.3, 0.4) is 0 Å². The molecule has 0 saturated carbocycles. The summed E-state index contributed by atoms with van der Waals surface area (Å²) in [6.45, 7) is 1.50. The zero-order valence-electron chi connectivity index (χ0n) is 13.9. The summed E-state index contributed by atoms with van der Waals surface area (Å²) in [4.78, 5) is 5.70. The molecule has 3 N–H and O–H groups in total. The molecule has 1 aromatic carbocycles. The predicted molar refractivity (Wildman–Crippen MR) is 114 cm³/mol. The Kier molecular flexibility index (Phi) is 10.0. The minimum atomic E-state index is -3.46. The molecule has 2 aromatic rings. The number of nitrogens with one attached hydrogen (secondary N) is 3. The van der Waals surface area contributed by atoms with Crippen LogP contribution in [-0.4, -0.2) is 41.1 Å². The molecule has 0 unspecified atom stereocenters. The van der Waals surface area contributed by atoms with Crippen LogP contribution in [0.25, 0.3) is 0 Å². The number of hydrogen-bond donors (Lipinski definition) is 3. The third-order valence-corrected chi connectivity index (χ3v) is 5.64. The first-order chi connectivity index (χ1) is 11.6. The molecular formula is C16H23IN4O2S2. The van der Waals surface area contributed by atoms with Gasteiger partial charge in [0, 0.05) is 31.6 Å². The Hall–Kier alpha value is -1.17. The van der Waals surface area contributed by atoms with E-state index in [9.17, 15) is 8.42 Å². The highest BCUT2D eigenvalue weighted by atomic mass is 127. The van der Waals surface area contributed by atoms with E-state index in [1.807, 2.05) is 6.07 Å². The van der Waals surface area contributed by atoms with Crippen LogP contribution >= 0.6 is 35.3 Å². The molecule has 0 amide bonds. The number of nitrogens with zero attached hydrogens (tertiary/aromatic N) is 1. The van der Waals surface area contributed by atoms with Crippen molar-refractivity contribution in [3.8, 4) is 0 Å². The molecule has 9 heteroatoms. The second kappa shape index (κ2) is 11.4. The molecule has 0 atom stereocenters. The third kappa shape index (κ3) is 7.72. The van der Waals surface area contributed by atoms with Crippen LogP contribution in [0.15, 0.2) is 57.7 Å². The summed E-state index contributed by atoms with van der Waals surface area (Å²) in [6.07, 6.45) is 0.930. The Morgan fingerprint density at radius 3 is 2.40 bits per heavy atom. The largest absolute Gasteiger partial charge is 0.356 e. The Bertz CT molecular complexity index is 735. The average Bonchev–Trinajstić information content (AvgIpc) is 3.11. The van der Waals surface area contributed by atoms with Crippen LogP contribution in [-0.2, 0) is 16.4 Å². The van der Waals surface area contributed by atoms with Crippen molar-refractivity contribution in [2.45, 2.75) is 11.3 Å². The standard InChI is InChI=1S/C16H22N4O2S2.HI/c1-17-16(18-10-9-14-6-5-13-23-14)19-11-12-20-24(21,22)15-7-3-2-4-8-15;/h2-8,13,20H,9-12H2,1H3,(H2,17,18,19);1H. The SMILES string of the molecule is CN=C(NCCNS(=O)(=O)c1ccccc1)NCCc1cccs1.I.